The maximum absolute atomic E-state index is 11.5. The summed E-state index contributed by atoms with van der Waals surface area (Å²) in [4.78, 5) is 13.1. The first-order valence-corrected chi connectivity index (χ1v) is 17.7. The van der Waals surface area contributed by atoms with Gasteiger partial charge in [-0.2, -0.15) is 0 Å². The van der Waals surface area contributed by atoms with Crippen molar-refractivity contribution < 1.29 is 14.6 Å². The van der Waals surface area contributed by atoms with E-state index in [1.165, 1.54) is 133 Å². The van der Waals surface area contributed by atoms with E-state index in [0.717, 1.165) is 32.3 Å². The Morgan fingerprint density at radius 1 is 0.512 bits per heavy atom. The van der Waals surface area contributed by atoms with Crippen LogP contribution in [0.2, 0.25) is 0 Å². The second-order valence-corrected chi connectivity index (χ2v) is 11.7. The first-order chi connectivity index (χ1) is 20.2. The Hall–Kier alpha value is -1.55. The fourth-order valence-corrected chi connectivity index (χ4v) is 4.97. The highest BCUT2D eigenvalue weighted by molar-refractivity contribution is 5.64. The number of rotatable bonds is 32. The average molecular weight is 576 g/mol. The van der Waals surface area contributed by atoms with Crippen LogP contribution in [-0.4, -0.2) is 42.4 Å². The first kappa shape index (κ1) is 39.5. The zero-order valence-corrected chi connectivity index (χ0v) is 27.5. The molecule has 0 bridgehead atoms. The van der Waals surface area contributed by atoms with Crippen LogP contribution in [-0.2, 0) is 4.74 Å². The van der Waals surface area contributed by atoms with Gasteiger partial charge in [0.1, 0.15) is 0 Å². The molecule has 240 valence electrons. The SMILES string of the molecule is CCCCCC=CCC=CCCCCCCCCN(CCOCCCCCCCCC=CCCCCCC)C(=O)O. The molecule has 0 spiro atoms. The molecular weight excluding hydrogens is 506 g/mol. The Morgan fingerprint density at radius 3 is 1.46 bits per heavy atom. The van der Waals surface area contributed by atoms with Crippen LogP contribution in [0.1, 0.15) is 168 Å². The van der Waals surface area contributed by atoms with Gasteiger partial charge >= 0.3 is 6.09 Å². The van der Waals surface area contributed by atoms with Gasteiger partial charge in [-0.25, -0.2) is 4.79 Å². The fourth-order valence-electron chi connectivity index (χ4n) is 4.97. The Kier molecular flexibility index (Phi) is 33.3. The lowest BCUT2D eigenvalue weighted by atomic mass is 10.1. The molecule has 4 heteroatoms. The molecule has 0 rings (SSSR count). The number of ether oxygens (including phenoxy) is 1. The molecule has 0 heterocycles. The van der Waals surface area contributed by atoms with Crippen molar-refractivity contribution in [2.45, 2.75) is 168 Å². The zero-order valence-electron chi connectivity index (χ0n) is 27.5. The van der Waals surface area contributed by atoms with Gasteiger partial charge in [0, 0.05) is 19.7 Å². The van der Waals surface area contributed by atoms with Crippen LogP contribution in [0.25, 0.3) is 0 Å². The van der Waals surface area contributed by atoms with E-state index >= 15 is 0 Å². The second kappa shape index (κ2) is 34.7. The van der Waals surface area contributed by atoms with Gasteiger partial charge in [-0.1, -0.05) is 134 Å². The topological polar surface area (TPSA) is 49.8 Å². The zero-order chi connectivity index (χ0) is 29.9. The minimum Gasteiger partial charge on any atom is -0.465 e. The van der Waals surface area contributed by atoms with Gasteiger partial charge in [0.2, 0.25) is 0 Å². The van der Waals surface area contributed by atoms with Crippen LogP contribution in [0, 0.1) is 0 Å². The Balaban J connectivity index is 3.48. The van der Waals surface area contributed by atoms with E-state index in [1.54, 1.807) is 0 Å². The van der Waals surface area contributed by atoms with E-state index in [2.05, 4.69) is 50.3 Å². The molecule has 0 aliphatic rings. The van der Waals surface area contributed by atoms with Gasteiger partial charge in [-0.15, -0.1) is 0 Å². The standard InChI is InChI=1S/C37H69NO3/c1-3-5-7-9-11-13-15-17-19-20-21-23-25-27-29-31-33-38(37(39)40)34-36-41-35-32-30-28-26-24-22-18-16-14-12-10-8-6-4-2/h11,13-14,16-17,19H,3-10,12,15,18,20-36H2,1-2H3,(H,39,40). The summed E-state index contributed by atoms with van der Waals surface area (Å²) in [5.41, 5.74) is 0. The van der Waals surface area contributed by atoms with Gasteiger partial charge in [0.25, 0.3) is 0 Å². The smallest absolute Gasteiger partial charge is 0.407 e. The molecule has 0 aromatic carbocycles. The monoisotopic (exact) mass is 576 g/mol. The molecule has 0 aliphatic carbocycles. The molecule has 0 atom stereocenters. The quantitative estimate of drug-likeness (QED) is 0.0641. The number of allylic oxidation sites excluding steroid dienone is 6. The number of nitrogens with zero attached hydrogens (tertiary/aromatic N) is 1. The van der Waals surface area contributed by atoms with Crippen molar-refractivity contribution in [1.82, 2.24) is 4.90 Å². The molecule has 0 saturated carbocycles. The number of carboxylic acid groups (broad SMARTS) is 1. The summed E-state index contributed by atoms with van der Waals surface area (Å²) >= 11 is 0. The molecule has 0 aromatic heterocycles. The van der Waals surface area contributed by atoms with Crippen LogP contribution >= 0.6 is 0 Å². The summed E-state index contributed by atoms with van der Waals surface area (Å²) in [6, 6.07) is 0. The third-order valence-electron chi connectivity index (χ3n) is 7.71. The van der Waals surface area contributed by atoms with E-state index in [-0.39, 0.29) is 0 Å². The molecule has 4 nitrogen and oxygen atoms in total. The molecule has 0 radical (unpaired) electrons. The molecule has 0 fully saturated rings. The molecular formula is C37H69NO3. The van der Waals surface area contributed by atoms with Gasteiger partial charge < -0.3 is 14.7 Å². The lowest BCUT2D eigenvalue weighted by Crippen LogP contribution is -2.33. The molecule has 0 unspecified atom stereocenters. The highest BCUT2D eigenvalue weighted by Crippen LogP contribution is 2.11. The maximum atomic E-state index is 11.5. The summed E-state index contributed by atoms with van der Waals surface area (Å²) in [7, 11) is 0. The van der Waals surface area contributed by atoms with E-state index in [9.17, 15) is 9.90 Å². The van der Waals surface area contributed by atoms with E-state index in [4.69, 9.17) is 4.74 Å². The van der Waals surface area contributed by atoms with Crippen LogP contribution < -0.4 is 0 Å². The summed E-state index contributed by atoms with van der Waals surface area (Å²) in [6.45, 7) is 6.89. The molecule has 1 amide bonds. The van der Waals surface area contributed by atoms with Crippen molar-refractivity contribution in [2.75, 3.05) is 26.3 Å². The first-order valence-electron chi connectivity index (χ1n) is 17.7. The number of carbonyl (C=O) groups is 1. The highest BCUT2D eigenvalue weighted by Gasteiger charge is 2.10. The number of amides is 1. The minimum atomic E-state index is -0.817. The van der Waals surface area contributed by atoms with Crippen LogP contribution in [0.15, 0.2) is 36.5 Å². The summed E-state index contributed by atoms with van der Waals surface area (Å²) in [6.07, 6.45) is 43.0. The molecule has 0 aliphatic heterocycles. The lowest BCUT2D eigenvalue weighted by Gasteiger charge is -2.19. The Labute approximate surface area is 256 Å². The van der Waals surface area contributed by atoms with Crippen LogP contribution in [0.4, 0.5) is 4.79 Å². The molecule has 0 saturated heterocycles. The van der Waals surface area contributed by atoms with E-state index < -0.39 is 6.09 Å². The van der Waals surface area contributed by atoms with Gasteiger partial charge in [-0.05, 0) is 70.6 Å². The minimum absolute atomic E-state index is 0.488. The van der Waals surface area contributed by atoms with Crippen LogP contribution in [0.3, 0.4) is 0 Å². The normalized spacial score (nSPS) is 12.0. The third-order valence-corrected chi connectivity index (χ3v) is 7.71. The number of hydrogen-bond acceptors (Lipinski definition) is 2. The van der Waals surface area contributed by atoms with Gasteiger partial charge in [-0.3, -0.25) is 0 Å². The van der Waals surface area contributed by atoms with Crippen molar-refractivity contribution in [3.8, 4) is 0 Å². The van der Waals surface area contributed by atoms with Crippen molar-refractivity contribution in [3.05, 3.63) is 36.5 Å². The Bertz CT molecular complexity index is 613. The predicted molar refractivity (Wildman–Crippen MR) is 180 cm³/mol. The lowest BCUT2D eigenvalue weighted by molar-refractivity contribution is 0.0915. The predicted octanol–water partition coefficient (Wildman–Crippen LogP) is 12.1. The summed E-state index contributed by atoms with van der Waals surface area (Å²) in [5, 5.41) is 9.49. The summed E-state index contributed by atoms with van der Waals surface area (Å²) < 4.78 is 5.73. The third kappa shape index (κ3) is 32.8. The van der Waals surface area contributed by atoms with Crippen molar-refractivity contribution >= 4 is 6.09 Å². The number of unbranched alkanes of at least 4 members (excludes halogenated alkanes) is 19. The van der Waals surface area contributed by atoms with E-state index in [1.807, 2.05) is 0 Å². The molecule has 1 N–H and O–H groups in total. The van der Waals surface area contributed by atoms with Crippen LogP contribution in [0.5, 0.6) is 0 Å². The van der Waals surface area contributed by atoms with Gasteiger partial charge in [0.15, 0.2) is 0 Å². The fraction of sp³-hybridized carbons (Fsp3) is 0.811. The second-order valence-electron chi connectivity index (χ2n) is 11.7. The van der Waals surface area contributed by atoms with Crippen molar-refractivity contribution in [3.63, 3.8) is 0 Å². The molecule has 41 heavy (non-hydrogen) atoms. The van der Waals surface area contributed by atoms with E-state index in [0.29, 0.717) is 19.7 Å². The summed E-state index contributed by atoms with van der Waals surface area (Å²) in [5.74, 6) is 0. The van der Waals surface area contributed by atoms with Crippen molar-refractivity contribution in [2.24, 2.45) is 0 Å². The largest absolute Gasteiger partial charge is 0.465 e. The Morgan fingerprint density at radius 2 is 0.927 bits per heavy atom. The highest BCUT2D eigenvalue weighted by atomic mass is 16.5. The molecule has 0 aromatic rings. The number of hydrogen-bond donors (Lipinski definition) is 1. The maximum Gasteiger partial charge on any atom is 0.407 e. The van der Waals surface area contributed by atoms with Gasteiger partial charge in [0.05, 0.1) is 6.61 Å². The van der Waals surface area contributed by atoms with Crippen molar-refractivity contribution in [1.29, 1.82) is 0 Å². The average Bonchev–Trinajstić information content (AvgIpc) is 2.97.